The number of aliphatic hydroxyl groups is 1. The fourth-order valence-electron chi connectivity index (χ4n) is 1.49. The molecular formula is C13H7F9O3. The van der Waals surface area contributed by atoms with Gasteiger partial charge in [-0.05, 0) is 12.1 Å². The quantitative estimate of drug-likeness (QED) is 0.352. The second-order valence-corrected chi connectivity index (χ2v) is 4.50. The van der Waals surface area contributed by atoms with Crippen LogP contribution in [0.1, 0.15) is 15.9 Å². The number of ketones is 1. The number of carbonyl (C=O) groups is 1. The highest BCUT2D eigenvalue weighted by molar-refractivity contribution is 6.04. The molecule has 12 heteroatoms. The molecule has 0 aromatic heterocycles. The molecular weight excluding hydrogens is 375 g/mol. The Bertz CT molecular complexity index is 625. The molecule has 0 aliphatic carbocycles. The van der Waals surface area contributed by atoms with Gasteiger partial charge >= 0.3 is 18.5 Å². The zero-order valence-corrected chi connectivity index (χ0v) is 11.6. The number of allylic oxidation sites excluding steroid dienone is 1. The number of carbonyl (C=O) groups excluding carboxylic acids is 1. The zero-order chi connectivity index (χ0) is 19.6. The van der Waals surface area contributed by atoms with E-state index in [1.54, 1.807) is 0 Å². The molecule has 0 radical (unpaired) electrons. The minimum Gasteiger partial charge on any atom is -0.481 e. The molecule has 0 spiro atoms. The Hall–Kier alpha value is -2.40. The number of halogens is 9. The molecule has 25 heavy (non-hydrogen) atoms. The van der Waals surface area contributed by atoms with Crippen molar-refractivity contribution in [3.63, 3.8) is 0 Å². The Morgan fingerprint density at radius 3 is 1.72 bits per heavy atom. The second-order valence-electron chi connectivity index (χ2n) is 4.50. The molecule has 0 saturated heterocycles. The van der Waals surface area contributed by atoms with E-state index >= 15 is 0 Å². The van der Waals surface area contributed by atoms with Gasteiger partial charge in [0.15, 0.2) is 5.78 Å². The first-order valence-electron chi connectivity index (χ1n) is 6.04. The van der Waals surface area contributed by atoms with Gasteiger partial charge in [-0.2, -0.15) is 39.5 Å². The fraction of sp³-hybridized carbons (Fsp3) is 0.308. The highest BCUT2D eigenvalue weighted by Gasteiger charge is 2.59. The van der Waals surface area contributed by atoms with E-state index in [4.69, 9.17) is 5.11 Å². The molecule has 1 aromatic carbocycles. The van der Waals surface area contributed by atoms with Crippen molar-refractivity contribution in [1.82, 2.24) is 0 Å². The fourth-order valence-corrected chi connectivity index (χ4v) is 1.49. The van der Waals surface area contributed by atoms with Crippen LogP contribution in [0, 0.1) is 0 Å². The molecule has 0 aliphatic heterocycles. The maximum Gasteiger partial charge on any atom is 0.434 e. The third-order valence-electron chi connectivity index (χ3n) is 2.58. The number of aliphatic hydroxyl groups excluding tert-OH is 1. The van der Waals surface area contributed by atoms with Gasteiger partial charge in [0.2, 0.25) is 0 Å². The van der Waals surface area contributed by atoms with Gasteiger partial charge in [-0.3, -0.25) is 4.79 Å². The Morgan fingerprint density at radius 2 is 1.36 bits per heavy atom. The second kappa shape index (κ2) is 6.84. The molecule has 0 fully saturated rings. The predicted octanol–water partition coefficient (Wildman–Crippen LogP) is 4.80. The van der Waals surface area contributed by atoms with Crippen molar-refractivity contribution in [3.8, 4) is 0 Å². The van der Waals surface area contributed by atoms with Crippen molar-refractivity contribution in [2.24, 2.45) is 0 Å². The summed E-state index contributed by atoms with van der Waals surface area (Å²) < 4.78 is 114. The van der Waals surface area contributed by atoms with Gasteiger partial charge < -0.3 is 9.84 Å². The summed E-state index contributed by atoms with van der Waals surface area (Å²) in [4.78, 5) is 11.5. The maximum atomic E-state index is 12.3. The van der Waals surface area contributed by atoms with Crippen molar-refractivity contribution in [1.29, 1.82) is 0 Å². The summed E-state index contributed by atoms with van der Waals surface area (Å²) in [6.07, 6.45) is -21.0. The van der Waals surface area contributed by atoms with Crippen molar-refractivity contribution < 1.29 is 54.2 Å². The van der Waals surface area contributed by atoms with Crippen molar-refractivity contribution in [2.75, 3.05) is 0 Å². The van der Waals surface area contributed by atoms with Crippen LogP contribution in [0.4, 0.5) is 39.5 Å². The van der Waals surface area contributed by atoms with E-state index in [0.29, 0.717) is 24.3 Å². The normalized spacial score (nSPS) is 13.9. The lowest BCUT2D eigenvalue weighted by Crippen LogP contribution is -2.44. The minimum absolute atomic E-state index is 0.118. The van der Waals surface area contributed by atoms with Crippen LogP contribution >= 0.6 is 0 Å². The van der Waals surface area contributed by atoms with Crippen LogP contribution < -0.4 is 0 Å². The summed E-state index contributed by atoms with van der Waals surface area (Å²) in [5.41, 5.74) is -1.67. The molecule has 1 rings (SSSR count). The summed E-state index contributed by atoms with van der Waals surface area (Å²) in [6, 6.07) is 2.18. The first-order chi connectivity index (χ1) is 11.1. The number of alkyl halides is 9. The standard InChI is InChI=1S/C13H7F9O3/c14-11(15,16)7-3-1-6(2-4-7)8(23)5-9(24)25-10(12(17,18)19)13(20,21)22/h1-5,10,24H/b9-5+. The third kappa shape index (κ3) is 5.87. The highest BCUT2D eigenvalue weighted by Crippen LogP contribution is 2.36. The van der Waals surface area contributed by atoms with Crippen LogP contribution in [-0.4, -0.2) is 29.3 Å². The number of hydrogen-bond donors (Lipinski definition) is 1. The maximum absolute atomic E-state index is 12.3. The number of ether oxygens (including phenoxy) is 1. The van der Waals surface area contributed by atoms with Gasteiger partial charge in [0.05, 0.1) is 11.6 Å². The average molecular weight is 382 g/mol. The van der Waals surface area contributed by atoms with E-state index in [-0.39, 0.29) is 6.08 Å². The van der Waals surface area contributed by atoms with E-state index in [1.165, 1.54) is 0 Å². The molecule has 0 atom stereocenters. The van der Waals surface area contributed by atoms with Gasteiger partial charge in [0.1, 0.15) is 0 Å². The molecule has 140 valence electrons. The first-order valence-corrected chi connectivity index (χ1v) is 6.04. The van der Waals surface area contributed by atoms with E-state index in [9.17, 15) is 44.3 Å². The minimum atomic E-state index is -5.92. The molecule has 0 amide bonds. The zero-order valence-electron chi connectivity index (χ0n) is 11.6. The Balaban J connectivity index is 2.96. The molecule has 0 aliphatic rings. The van der Waals surface area contributed by atoms with Gasteiger partial charge in [-0.25, -0.2) is 0 Å². The van der Waals surface area contributed by atoms with Gasteiger partial charge in [-0.15, -0.1) is 0 Å². The molecule has 0 bridgehead atoms. The van der Waals surface area contributed by atoms with E-state index in [0.717, 1.165) is 0 Å². The molecule has 0 heterocycles. The highest BCUT2D eigenvalue weighted by atomic mass is 19.4. The summed E-state index contributed by atoms with van der Waals surface area (Å²) in [7, 11) is 0. The number of hydrogen-bond acceptors (Lipinski definition) is 3. The van der Waals surface area contributed by atoms with Crippen molar-refractivity contribution in [3.05, 3.63) is 47.4 Å². The monoisotopic (exact) mass is 382 g/mol. The van der Waals surface area contributed by atoms with Gasteiger partial charge in [-0.1, -0.05) is 12.1 Å². The SMILES string of the molecule is O=C(/C=C(\O)OC(C(F)(F)F)C(F)(F)F)c1ccc(C(F)(F)F)cc1. The number of rotatable bonds is 4. The Kier molecular flexibility index (Phi) is 5.65. The van der Waals surface area contributed by atoms with Gasteiger partial charge in [0, 0.05) is 5.56 Å². The largest absolute Gasteiger partial charge is 0.481 e. The predicted molar refractivity (Wildman–Crippen MR) is 63.5 cm³/mol. The first kappa shape index (κ1) is 20.6. The lowest BCUT2D eigenvalue weighted by Gasteiger charge is -2.22. The summed E-state index contributed by atoms with van der Waals surface area (Å²) >= 11 is 0. The average Bonchev–Trinajstić information content (AvgIpc) is 2.41. The molecule has 1 N–H and O–H groups in total. The van der Waals surface area contributed by atoms with Crippen molar-refractivity contribution in [2.45, 2.75) is 24.6 Å². The lowest BCUT2D eigenvalue weighted by atomic mass is 10.1. The van der Waals surface area contributed by atoms with Crippen LogP contribution in [0.5, 0.6) is 0 Å². The smallest absolute Gasteiger partial charge is 0.434 e. The molecule has 0 unspecified atom stereocenters. The van der Waals surface area contributed by atoms with E-state index < -0.39 is 47.5 Å². The lowest BCUT2D eigenvalue weighted by molar-refractivity contribution is -0.319. The van der Waals surface area contributed by atoms with E-state index in [2.05, 4.69) is 4.74 Å². The Labute approximate surface area is 133 Å². The van der Waals surface area contributed by atoms with Crippen LogP contribution in [0.15, 0.2) is 36.3 Å². The van der Waals surface area contributed by atoms with Gasteiger partial charge in [0.25, 0.3) is 12.0 Å². The summed E-state index contributed by atoms with van der Waals surface area (Å²) in [6.45, 7) is 0. The van der Waals surface area contributed by atoms with Crippen LogP contribution in [-0.2, 0) is 10.9 Å². The molecule has 3 nitrogen and oxygen atoms in total. The summed E-state index contributed by atoms with van der Waals surface area (Å²) in [5, 5.41) is 9.00. The van der Waals surface area contributed by atoms with Crippen LogP contribution in [0.2, 0.25) is 0 Å². The molecule has 1 aromatic rings. The van der Waals surface area contributed by atoms with E-state index in [1.807, 2.05) is 0 Å². The summed E-state index contributed by atoms with van der Waals surface area (Å²) in [5.74, 6) is -3.36. The third-order valence-corrected chi connectivity index (χ3v) is 2.58. The molecule has 0 saturated carbocycles. The topological polar surface area (TPSA) is 46.5 Å². The van der Waals surface area contributed by atoms with Crippen LogP contribution in [0.3, 0.4) is 0 Å². The van der Waals surface area contributed by atoms with Crippen LogP contribution in [0.25, 0.3) is 0 Å². The Morgan fingerprint density at radius 1 is 0.920 bits per heavy atom. The number of benzene rings is 1. The van der Waals surface area contributed by atoms with Crippen molar-refractivity contribution >= 4 is 5.78 Å².